The Hall–Kier alpha value is -6.19. The smallest absolute Gasteiger partial charge is 0.329 e. The monoisotopic (exact) mass is 905 g/mol. The summed E-state index contributed by atoms with van der Waals surface area (Å²) < 4.78 is 38.6. The number of carbonyl (C=O) groups is 3. The van der Waals surface area contributed by atoms with Crippen LogP contribution in [0.3, 0.4) is 0 Å². The summed E-state index contributed by atoms with van der Waals surface area (Å²) in [5.74, 6) is 7.87. The first-order chi connectivity index (χ1) is 31.9. The van der Waals surface area contributed by atoms with E-state index in [0.29, 0.717) is 46.6 Å². The van der Waals surface area contributed by atoms with E-state index in [1.165, 1.54) is 34.4 Å². The fraction of sp³-hybridized carbons (Fsp3) is 0.521. The van der Waals surface area contributed by atoms with E-state index in [1.54, 1.807) is 30.1 Å². The highest BCUT2D eigenvalue weighted by Crippen LogP contribution is 2.36. The molecule has 4 aliphatic rings. The summed E-state index contributed by atoms with van der Waals surface area (Å²) in [6.07, 6.45) is 11.0. The van der Waals surface area contributed by atoms with Gasteiger partial charge >= 0.3 is 5.69 Å². The fourth-order valence-corrected chi connectivity index (χ4v) is 9.77. The van der Waals surface area contributed by atoms with Crippen molar-refractivity contribution in [3.8, 4) is 23.3 Å². The standard InChI is InChI=1S/C48H57F2N11O5/c1-57(27-33-17-21-59(22-18-33)20-4-3-5-30-10-13-38-40(23-30)58(2)48(65)61(38)39-14-15-42(62)55-46(39)64)26-32-8-11-35(12-9-32)60-28-36(43(56-60)44(49)50)53-45(63)37-29-66-47(54-37)34-16-19-51-41(24-34)52-25-31-6-7-31/h10,13,16,19,23-24,28-29,31-33,35,39,44H,4,6-9,11-12,14-15,17-18,20-22,25-27H2,1-2H3,(H,51,52)(H,53,63)(H,55,62,64)/t32-,35-,39?. The maximum absolute atomic E-state index is 14.2. The number of nitrogens with zero attached hydrogens (tertiary/aromatic N) is 8. The van der Waals surface area contributed by atoms with Crippen molar-refractivity contribution in [1.29, 1.82) is 0 Å². The van der Waals surface area contributed by atoms with Crippen LogP contribution in [0.4, 0.5) is 20.3 Å². The second-order valence-corrected chi connectivity index (χ2v) is 18.6. The third kappa shape index (κ3) is 10.4. The van der Waals surface area contributed by atoms with Gasteiger partial charge in [-0.05, 0) is 126 Å². The molecule has 18 heteroatoms. The zero-order valence-electron chi connectivity index (χ0n) is 37.5. The Kier molecular flexibility index (Phi) is 13.4. The molecular weight excluding hydrogens is 849 g/mol. The Balaban J connectivity index is 0.698. The van der Waals surface area contributed by atoms with E-state index in [-0.39, 0.29) is 41.3 Å². The number of hydrogen-bond acceptors (Lipinski definition) is 11. The summed E-state index contributed by atoms with van der Waals surface area (Å²) in [6.45, 7) is 5.84. The van der Waals surface area contributed by atoms with Crippen LogP contribution in [0, 0.1) is 29.6 Å². The highest BCUT2D eigenvalue weighted by molar-refractivity contribution is 6.03. The van der Waals surface area contributed by atoms with Gasteiger partial charge in [0.15, 0.2) is 11.4 Å². The first kappa shape index (κ1) is 45.0. The number of pyridine rings is 1. The lowest BCUT2D eigenvalue weighted by Gasteiger charge is -2.35. The molecule has 6 heterocycles. The molecule has 5 aromatic rings. The molecule has 3 N–H and O–H groups in total. The number of likely N-dealkylation sites (tertiary alicyclic amines) is 1. The molecule has 1 unspecified atom stereocenters. The second-order valence-electron chi connectivity index (χ2n) is 18.6. The van der Waals surface area contributed by atoms with Crippen molar-refractivity contribution in [2.45, 2.75) is 89.1 Å². The van der Waals surface area contributed by atoms with Crippen molar-refractivity contribution in [2.24, 2.45) is 24.8 Å². The molecule has 1 atom stereocenters. The number of benzene rings is 1. The van der Waals surface area contributed by atoms with Crippen LogP contribution in [0.15, 0.2) is 58.2 Å². The number of amides is 3. The molecule has 16 nitrogen and oxygen atoms in total. The van der Waals surface area contributed by atoms with Crippen molar-refractivity contribution in [2.75, 3.05) is 56.9 Å². The highest BCUT2D eigenvalue weighted by atomic mass is 19.3. The Morgan fingerprint density at radius 3 is 2.47 bits per heavy atom. The Labute approximate surface area is 381 Å². The molecule has 0 bridgehead atoms. The van der Waals surface area contributed by atoms with E-state index in [9.17, 15) is 28.0 Å². The van der Waals surface area contributed by atoms with Crippen molar-refractivity contribution in [1.82, 2.24) is 44.0 Å². The summed E-state index contributed by atoms with van der Waals surface area (Å²) >= 11 is 0. The van der Waals surface area contributed by atoms with Crippen LogP contribution >= 0.6 is 0 Å². The lowest BCUT2D eigenvalue weighted by atomic mass is 9.85. The molecule has 2 aliphatic heterocycles. The molecular formula is C48H57F2N11O5. The normalized spacial score (nSPS) is 20.7. The predicted octanol–water partition coefficient (Wildman–Crippen LogP) is 6.39. The van der Waals surface area contributed by atoms with Crippen LogP contribution in [0.2, 0.25) is 0 Å². The molecule has 0 radical (unpaired) electrons. The van der Waals surface area contributed by atoms with E-state index >= 15 is 0 Å². The van der Waals surface area contributed by atoms with Crippen LogP contribution < -0.4 is 21.6 Å². The lowest BCUT2D eigenvalue weighted by Crippen LogP contribution is -2.44. The maximum Gasteiger partial charge on any atom is 0.329 e. The van der Waals surface area contributed by atoms with Crippen LogP contribution in [0.1, 0.15) is 111 Å². The predicted molar refractivity (Wildman–Crippen MR) is 244 cm³/mol. The Morgan fingerprint density at radius 2 is 1.73 bits per heavy atom. The highest BCUT2D eigenvalue weighted by Gasteiger charge is 2.32. The van der Waals surface area contributed by atoms with E-state index in [0.717, 1.165) is 89.8 Å². The number of imide groups is 1. The minimum atomic E-state index is -2.86. The minimum Gasteiger partial charge on any atom is -0.444 e. The molecule has 3 amide bonds. The average molecular weight is 906 g/mol. The minimum absolute atomic E-state index is 0.0227. The van der Waals surface area contributed by atoms with Gasteiger partial charge in [0, 0.05) is 69.6 Å². The zero-order chi connectivity index (χ0) is 45.9. The number of fused-ring (bicyclic) bond motifs is 1. The van der Waals surface area contributed by atoms with Gasteiger partial charge < -0.3 is 24.9 Å². The Morgan fingerprint density at radius 1 is 0.970 bits per heavy atom. The first-order valence-corrected chi connectivity index (χ1v) is 23.2. The summed E-state index contributed by atoms with van der Waals surface area (Å²) in [4.78, 5) is 64.1. The summed E-state index contributed by atoms with van der Waals surface area (Å²) in [5, 5.41) is 12.5. The number of hydrogen-bond donors (Lipinski definition) is 3. The van der Waals surface area contributed by atoms with E-state index in [1.807, 2.05) is 18.2 Å². The molecule has 9 rings (SSSR count). The van der Waals surface area contributed by atoms with Crippen molar-refractivity contribution in [3.05, 3.63) is 76.4 Å². The number of alkyl halides is 2. The third-order valence-electron chi connectivity index (χ3n) is 13.7. The van der Waals surface area contributed by atoms with Gasteiger partial charge in [-0.3, -0.25) is 33.5 Å². The molecule has 4 aromatic heterocycles. The molecule has 348 valence electrons. The van der Waals surface area contributed by atoms with Crippen molar-refractivity contribution in [3.63, 3.8) is 0 Å². The number of imidazole rings is 1. The van der Waals surface area contributed by atoms with Gasteiger partial charge in [-0.25, -0.2) is 23.5 Å². The van der Waals surface area contributed by atoms with E-state index < -0.39 is 30.0 Å². The van der Waals surface area contributed by atoms with Gasteiger partial charge in [0.25, 0.3) is 12.3 Å². The summed E-state index contributed by atoms with van der Waals surface area (Å²) in [5.41, 5.74) is 1.99. The third-order valence-corrected chi connectivity index (χ3v) is 13.7. The number of rotatable bonds is 15. The SMILES string of the molecule is CN(CC1CCN(CCC#Cc2ccc3c(c2)n(C)c(=O)n3C2CCC(=O)NC2=O)CC1)C[C@H]1CC[C@H](n2cc(NC(=O)c3coc(-c4ccnc(NCC5CC5)c4)n3)c(C(F)F)n2)CC1. The lowest BCUT2D eigenvalue weighted by molar-refractivity contribution is -0.135. The fourth-order valence-electron chi connectivity index (χ4n) is 9.77. The van der Waals surface area contributed by atoms with Crippen LogP contribution in [-0.4, -0.2) is 103 Å². The molecule has 2 saturated heterocycles. The first-order valence-electron chi connectivity index (χ1n) is 23.2. The molecule has 2 saturated carbocycles. The number of carbonyl (C=O) groups excluding carboxylic acids is 3. The maximum atomic E-state index is 14.2. The molecule has 4 fully saturated rings. The second kappa shape index (κ2) is 19.7. The van der Waals surface area contributed by atoms with Gasteiger partial charge in [-0.1, -0.05) is 11.8 Å². The molecule has 0 spiro atoms. The van der Waals surface area contributed by atoms with Gasteiger partial charge in [0.05, 0.1) is 22.8 Å². The van der Waals surface area contributed by atoms with E-state index in [4.69, 9.17) is 4.42 Å². The zero-order valence-corrected chi connectivity index (χ0v) is 37.5. The topological polar surface area (TPSA) is 177 Å². The van der Waals surface area contributed by atoms with Gasteiger partial charge in [0.2, 0.25) is 17.7 Å². The number of nitrogens with one attached hydrogen (secondary N) is 3. The summed E-state index contributed by atoms with van der Waals surface area (Å²) in [6, 6.07) is 8.38. The van der Waals surface area contributed by atoms with Gasteiger partial charge in [-0.15, -0.1) is 0 Å². The molecule has 66 heavy (non-hydrogen) atoms. The number of anilines is 2. The quantitative estimate of drug-likeness (QED) is 0.0784. The van der Waals surface area contributed by atoms with Crippen molar-refractivity contribution < 1.29 is 27.6 Å². The average Bonchev–Trinajstić information content (AvgIpc) is 3.72. The number of halogens is 2. The summed E-state index contributed by atoms with van der Waals surface area (Å²) in [7, 11) is 3.88. The molecule has 1 aromatic carbocycles. The number of aromatic nitrogens is 6. The Bertz CT molecular complexity index is 2690. The van der Waals surface area contributed by atoms with Crippen molar-refractivity contribution >= 4 is 40.3 Å². The number of oxazole rings is 1. The van der Waals surface area contributed by atoms with Crippen LogP contribution in [0.25, 0.3) is 22.5 Å². The van der Waals surface area contributed by atoms with Gasteiger partial charge in [0.1, 0.15) is 18.1 Å². The van der Waals surface area contributed by atoms with Crippen LogP contribution in [-0.2, 0) is 16.6 Å². The molecule has 2 aliphatic carbocycles. The number of aryl methyl sites for hydroxylation is 1. The van der Waals surface area contributed by atoms with Crippen LogP contribution in [0.5, 0.6) is 0 Å². The van der Waals surface area contributed by atoms with Gasteiger partial charge in [-0.2, -0.15) is 5.10 Å². The largest absolute Gasteiger partial charge is 0.444 e. The van der Waals surface area contributed by atoms with E-state index in [2.05, 4.69) is 59.7 Å². The number of piperidine rings is 2.